The minimum Gasteiger partial charge on any atom is -0.379 e. The van der Waals surface area contributed by atoms with Crippen LogP contribution in [0.25, 0.3) is 0 Å². The van der Waals surface area contributed by atoms with Gasteiger partial charge in [0.05, 0.1) is 18.1 Å². The molecule has 7 nitrogen and oxygen atoms in total. The number of sulfonamides is 1. The maximum atomic E-state index is 13.0. The largest absolute Gasteiger partial charge is 0.379 e. The van der Waals surface area contributed by atoms with Crippen LogP contribution in [0, 0.1) is 0 Å². The highest BCUT2D eigenvalue weighted by molar-refractivity contribution is 7.89. The maximum Gasteiger partial charge on any atom is 0.243 e. The van der Waals surface area contributed by atoms with Crippen molar-refractivity contribution in [2.45, 2.75) is 31.3 Å². The van der Waals surface area contributed by atoms with E-state index < -0.39 is 10.0 Å². The molecule has 0 bridgehead atoms. The average Bonchev–Trinajstić information content (AvgIpc) is 2.82. The summed E-state index contributed by atoms with van der Waals surface area (Å²) in [6.07, 6.45) is 0. The van der Waals surface area contributed by atoms with Gasteiger partial charge in [0.1, 0.15) is 6.04 Å². The van der Waals surface area contributed by atoms with Crippen molar-refractivity contribution in [3.05, 3.63) is 65.7 Å². The highest BCUT2D eigenvalue weighted by Gasteiger charge is 2.27. The molecule has 2 aromatic carbocycles. The van der Waals surface area contributed by atoms with E-state index in [0.717, 1.165) is 24.2 Å². The first kappa shape index (κ1) is 23.4. The topological polar surface area (TPSA) is 79.0 Å². The minimum absolute atomic E-state index is 0.0695. The zero-order valence-corrected chi connectivity index (χ0v) is 19.0. The van der Waals surface area contributed by atoms with Gasteiger partial charge in [-0.15, -0.1) is 0 Å². The molecule has 0 aromatic heterocycles. The van der Waals surface area contributed by atoms with Crippen LogP contribution in [0.1, 0.15) is 31.0 Å². The molecule has 0 radical (unpaired) electrons. The molecule has 3 rings (SSSR count). The molecule has 1 aliphatic rings. The van der Waals surface area contributed by atoms with Gasteiger partial charge in [-0.2, -0.15) is 4.31 Å². The van der Waals surface area contributed by atoms with E-state index in [2.05, 4.69) is 10.2 Å². The van der Waals surface area contributed by atoms with Crippen LogP contribution in [0.4, 0.5) is 0 Å². The molecule has 0 saturated carbocycles. The summed E-state index contributed by atoms with van der Waals surface area (Å²) in [7, 11) is -3.52. The van der Waals surface area contributed by atoms with Gasteiger partial charge in [-0.3, -0.25) is 9.69 Å². The van der Waals surface area contributed by atoms with Crippen LogP contribution in [0.2, 0.25) is 0 Å². The third kappa shape index (κ3) is 5.71. The lowest BCUT2D eigenvalue weighted by Gasteiger charge is -2.29. The quantitative estimate of drug-likeness (QED) is 0.641. The van der Waals surface area contributed by atoms with Crippen molar-refractivity contribution in [2.75, 3.05) is 39.4 Å². The predicted octanol–water partition coefficient (Wildman–Crippen LogP) is 2.41. The summed E-state index contributed by atoms with van der Waals surface area (Å²) >= 11 is 0. The van der Waals surface area contributed by atoms with Gasteiger partial charge in [0.15, 0.2) is 0 Å². The lowest BCUT2D eigenvalue weighted by molar-refractivity contribution is -0.126. The zero-order chi connectivity index (χ0) is 22.3. The summed E-state index contributed by atoms with van der Waals surface area (Å²) in [6, 6.07) is 16.1. The first-order chi connectivity index (χ1) is 15.0. The van der Waals surface area contributed by atoms with Crippen LogP contribution < -0.4 is 5.32 Å². The smallest absolute Gasteiger partial charge is 0.243 e. The molecule has 2 aromatic rings. The highest BCUT2D eigenvalue weighted by Crippen LogP contribution is 2.21. The SMILES string of the molecule is CCN(CC)C(C(=O)NCc1ccc(S(=O)(=O)N2CCOCC2)cc1)c1ccccc1. The average molecular weight is 446 g/mol. The lowest BCUT2D eigenvalue weighted by atomic mass is 10.0. The van der Waals surface area contributed by atoms with Crippen LogP contribution >= 0.6 is 0 Å². The predicted molar refractivity (Wildman–Crippen MR) is 120 cm³/mol. The van der Waals surface area contributed by atoms with E-state index >= 15 is 0 Å². The number of carbonyl (C=O) groups excluding carboxylic acids is 1. The molecule has 8 heteroatoms. The van der Waals surface area contributed by atoms with Crippen molar-refractivity contribution >= 4 is 15.9 Å². The molecule has 1 N–H and O–H groups in total. The molecule has 1 aliphatic heterocycles. The van der Waals surface area contributed by atoms with Gasteiger partial charge in [0, 0.05) is 19.6 Å². The molecule has 1 atom stereocenters. The third-order valence-electron chi connectivity index (χ3n) is 5.54. The number of ether oxygens (including phenoxy) is 1. The Labute approximate surface area is 185 Å². The summed E-state index contributed by atoms with van der Waals surface area (Å²) in [6.45, 7) is 7.51. The Morgan fingerprint density at radius 1 is 1.03 bits per heavy atom. The Bertz CT molecular complexity index is 939. The van der Waals surface area contributed by atoms with Gasteiger partial charge >= 0.3 is 0 Å². The summed E-state index contributed by atoms with van der Waals surface area (Å²) in [5, 5.41) is 3.01. The second kappa shape index (κ2) is 10.9. The van der Waals surface area contributed by atoms with E-state index in [0.29, 0.717) is 32.8 Å². The minimum atomic E-state index is -3.52. The Morgan fingerprint density at radius 3 is 2.23 bits per heavy atom. The van der Waals surface area contributed by atoms with E-state index in [1.165, 1.54) is 4.31 Å². The molecule has 0 spiro atoms. The van der Waals surface area contributed by atoms with Gasteiger partial charge in [-0.05, 0) is 36.3 Å². The molecule has 0 aliphatic carbocycles. The van der Waals surface area contributed by atoms with E-state index in [1.54, 1.807) is 24.3 Å². The molecular weight excluding hydrogens is 414 g/mol. The normalized spacial score (nSPS) is 16.2. The van der Waals surface area contributed by atoms with Crippen LogP contribution in [0.15, 0.2) is 59.5 Å². The van der Waals surface area contributed by atoms with Crippen molar-refractivity contribution in [1.29, 1.82) is 0 Å². The lowest BCUT2D eigenvalue weighted by Crippen LogP contribution is -2.40. The van der Waals surface area contributed by atoms with Crippen molar-refractivity contribution in [3.8, 4) is 0 Å². The Hall–Kier alpha value is -2.26. The van der Waals surface area contributed by atoms with Crippen LogP contribution in [0.5, 0.6) is 0 Å². The number of hydrogen-bond donors (Lipinski definition) is 1. The van der Waals surface area contributed by atoms with Crippen LogP contribution in [-0.4, -0.2) is 62.9 Å². The van der Waals surface area contributed by atoms with E-state index in [9.17, 15) is 13.2 Å². The summed E-state index contributed by atoms with van der Waals surface area (Å²) in [5.74, 6) is -0.0695. The van der Waals surface area contributed by atoms with Crippen molar-refractivity contribution in [1.82, 2.24) is 14.5 Å². The summed E-state index contributed by atoms with van der Waals surface area (Å²) in [5.41, 5.74) is 1.80. The number of likely N-dealkylation sites (N-methyl/N-ethyl adjacent to an activating group) is 1. The number of nitrogens with one attached hydrogen (secondary N) is 1. The Balaban J connectivity index is 1.67. The molecular formula is C23H31N3O4S. The van der Waals surface area contributed by atoms with Gasteiger partial charge in [0.2, 0.25) is 15.9 Å². The van der Waals surface area contributed by atoms with Crippen molar-refractivity contribution in [2.24, 2.45) is 0 Å². The molecule has 168 valence electrons. The molecule has 1 amide bonds. The highest BCUT2D eigenvalue weighted by atomic mass is 32.2. The number of carbonyl (C=O) groups is 1. The third-order valence-corrected chi connectivity index (χ3v) is 7.45. The molecule has 1 heterocycles. The molecule has 1 fully saturated rings. The zero-order valence-electron chi connectivity index (χ0n) is 18.2. The van der Waals surface area contributed by atoms with Crippen molar-refractivity contribution in [3.63, 3.8) is 0 Å². The molecule has 31 heavy (non-hydrogen) atoms. The molecule has 1 unspecified atom stereocenters. The number of amides is 1. The second-order valence-electron chi connectivity index (χ2n) is 7.41. The Morgan fingerprint density at radius 2 is 1.65 bits per heavy atom. The standard InChI is InChI=1S/C23H31N3O4S/c1-3-25(4-2)22(20-8-6-5-7-9-20)23(27)24-18-19-10-12-21(13-11-19)31(28,29)26-14-16-30-17-15-26/h5-13,22H,3-4,14-18H2,1-2H3,(H,24,27). The fourth-order valence-electron chi connectivity index (χ4n) is 3.75. The first-order valence-corrected chi connectivity index (χ1v) is 12.1. The monoisotopic (exact) mass is 445 g/mol. The van der Waals surface area contributed by atoms with E-state index in [4.69, 9.17) is 4.74 Å². The summed E-state index contributed by atoms with van der Waals surface area (Å²) < 4.78 is 32.2. The Kier molecular flexibility index (Phi) is 8.20. The van der Waals surface area contributed by atoms with Gasteiger partial charge in [-0.1, -0.05) is 56.3 Å². The second-order valence-corrected chi connectivity index (χ2v) is 9.35. The number of morpholine rings is 1. The van der Waals surface area contributed by atoms with Crippen molar-refractivity contribution < 1.29 is 17.9 Å². The van der Waals surface area contributed by atoms with E-state index in [-0.39, 0.29) is 16.8 Å². The first-order valence-electron chi connectivity index (χ1n) is 10.7. The number of benzene rings is 2. The van der Waals surface area contributed by atoms with Gasteiger partial charge < -0.3 is 10.1 Å². The maximum absolute atomic E-state index is 13.0. The molecule has 1 saturated heterocycles. The van der Waals surface area contributed by atoms with Crippen LogP contribution in [0.3, 0.4) is 0 Å². The number of rotatable bonds is 9. The van der Waals surface area contributed by atoms with E-state index in [1.807, 2.05) is 44.2 Å². The van der Waals surface area contributed by atoms with Crippen LogP contribution in [-0.2, 0) is 26.1 Å². The fourth-order valence-corrected chi connectivity index (χ4v) is 5.16. The number of hydrogen-bond acceptors (Lipinski definition) is 5. The van der Waals surface area contributed by atoms with Gasteiger partial charge in [0.25, 0.3) is 0 Å². The summed E-state index contributed by atoms with van der Waals surface area (Å²) in [4.78, 5) is 15.4. The van der Waals surface area contributed by atoms with Gasteiger partial charge in [-0.25, -0.2) is 8.42 Å². The number of nitrogens with zero attached hydrogens (tertiary/aromatic N) is 2. The fraction of sp³-hybridized carbons (Fsp3) is 0.435.